The van der Waals surface area contributed by atoms with Crippen molar-refractivity contribution in [1.29, 1.82) is 0 Å². The van der Waals surface area contributed by atoms with E-state index in [2.05, 4.69) is 5.10 Å². The van der Waals surface area contributed by atoms with Crippen LogP contribution in [-0.2, 0) is 4.74 Å². The summed E-state index contributed by atoms with van der Waals surface area (Å²) in [6.45, 7) is 1.94. The Hall–Kier alpha value is -3.87. The van der Waals surface area contributed by atoms with Crippen LogP contribution in [0.2, 0.25) is 0 Å². The Kier molecular flexibility index (Phi) is 4.64. The number of hydrogen-bond donors (Lipinski definition) is 0. The fraction of sp³-hybridized carbons (Fsp3) is 0.136. The van der Waals surface area contributed by atoms with E-state index >= 15 is 0 Å². The fourth-order valence-electron chi connectivity index (χ4n) is 3.22. The Labute approximate surface area is 167 Å². The minimum absolute atomic E-state index is 0.205. The van der Waals surface area contributed by atoms with Crippen LogP contribution < -0.4 is 10.3 Å². The smallest absolute Gasteiger partial charge is 0.341 e. The van der Waals surface area contributed by atoms with Gasteiger partial charge in [0, 0.05) is 24.1 Å². The van der Waals surface area contributed by atoms with E-state index in [4.69, 9.17) is 9.47 Å². The Bertz CT molecular complexity index is 1240. The van der Waals surface area contributed by atoms with Gasteiger partial charge in [0.25, 0.3) is 5.56 Å². The molecule has 0 saturated heterocycles. The van der Waals surface area contributed by atoms with Crippen LogP contribution in [0.5, 0.6) is 5.75 Å². The first-order valence-electron chi connectivity index (χ1n) is 8.96. The number of carbonyl (C=O) groups is 1. The molecule has 146 valence electrons. The van der Waals surface area contributed by atoms with E-state index in [0.717, 1.165) is 11.3 Å². The normalized spacial score (nSPS) is 10.9. The summed E-state index contributed by atoms with van der Waals surface area (Å²) < 4.78 is 13.2. The van der Waals surface area contributed by atoms with E-state index in [9.17, 15) is 9.59 Å². The summed E-state index contributed by atoms with van der Waals surface area (Å²) in [5, 5.41) is 4.43. The molecule has 0 atom stereocenters. The van der Waals surface area contributed by atoms with Gasteiger partial charge in [-0.25, -0.2) is 4.79 Å². The molecule has 0 bridgehead atoms. The summed E-state index contributed by atoms with van der Waals surface area (Å²) in [7, 11) is 2.88. The SMILES string of the molecule is COC(=O)c1cn(-c2cccc(OC)c2)cc2c(=O)n(-c3cccc(C)c3)nc1-2. The molecule has 2 aliphatic rings. The first kappa shape index (κ1) is 18.5. The van der Waals surface area contributed by atoms with Crippen molar-refractivity contribution in [1.82, 2.24) is 14.3 Å². The lowest BCUT2D eigenvalue weighted by Crippen LogP contribution is -2.15. The first-order valence-corrected chi connectivity index (χ1v) is 8.96. The van der Waals surface area contributed by atoms with Gasteiger partial charge in [-0.3, -0.25) is 4.79 Å². The average Bonchev–Trinajstić information content (AvgIpc) is 3.09. The second kappa shape index (κ2) is 7.27. The Morgan fingerprint density at radius 2 is 1.76 bits per heavy atom. The predicted octanol–water partition coefficient (Wildman–Crippen LogP) is 3.23. The number of carbonyl (C=O) groups excluding carboxylic acids is 1. The van der Waals surface area contributed by atoms with Gasteiger partial charge < -0.3 is 14.0 Å². The number of aromatic nitrogens is 3. The van der Waals surface area contributed by atoms with E-state index in [-0.39, 0.29) is 11.1 Å². The molecule has 2 aliphatic heterocycles. The fourth-order valence-corrected chi connectivity index (χ4v) is 3.22. The molecule has 2 aromatic rings. The number of hydrogen-bond acceptors (Lipinski definition) is 5. The van der Waals surface area contributed by atoms with Crippen molar-refractivity contribution in [2.24, 2.45) is 0 Å². The summed E-state index contributed by atoms with van der Waals surface area (Å²) in [5.74, 6) is 0.0913. The summed E-state index contributed by atoms with van der Waals surface area (Å²) in [4.78, 5) is 25.6. The number of methoxy groups -OCH3 is 2. The Morgan fingerprint density at radius 3 is 2.48 bits per heavy atom. The number of aryl methyl sites for hydroxylation is 1. The van der Waals surface area contributed by atoms with Crippen molar-refractivity contribution in [3.63, 3.8) is 0 Å². The maximum absolute atomic E-state index is 13.1. The summed E-state index contributed by atoms with van der Waals surface area (Å²) in [5.41, 5.74) is 2.87. The van der Waals surface area contributed by atoms with Gasteiger partial charge in [0.2, 0.25) is 0 Å². The molecule has 0 unspecified atom stereocenters. The van der Waals surface area contributed by atoms with Gasteiger partial charge in [0.15, 0.2) is 0 Å². The van der Waals surface area contributed by atoms with Crippen LogP contribution in [0, 0.1) is 6.92 Å². The third-order valence-electron chi connectivity index (χ3n) is 4.67. The molecule has 0 aliphatic carbocycles. The summed E-state index contributed by atoms with van der Waals surface area (Å²) in [6.07, 6.45) is 3.27. The quantitative estimate of drug-likeness (QED) is 0.501. The van der Waals surface area contributed by atoms with Gasteiger partial charge in [0.1, 0.15) is 17.0 Å². The highest BCUT2D eigenvalue weighted by molar-refractivity contribution is 5.96. The topological polar surface area (TPSA) is 75.3 Å². The molecule has 0 fully saturated rings. The lowest BCUT2D eigenvalue weighted by Gasteiger charge is -2.12. The zero-order valence-electron chi connectivity index (χ0n) is 16.2. The first-order chi connectivity index (χ1) is 14.0. The predicted molar refractivity (Wildman–Crippen MR) is 108 cm³/mol. The molecule has 0 amide bonds. The number of esters is 1. The number of nitrogens with zero attached hydrogens (tertiary/aromatic N) is 3. The third-order valence-corrected chi connectivity index (χ3v) is 4.67. The van der Waals surface area contributed by atoms with Gasteiger partial charge in [-0.1, -0.05) is 18.2 Å². The summed E-state index contributed by atoms with van der Waals surface area (Å²) >= 11 is 0. The zero-order chi connectivity index (χ0) is 20.5. The molecule has 0 saturated carbocycles. The summed E-state index contributed by atoms with van der Waals surface area (Å²) in [6, 6.07) is 14.8. The van der Waals surface area contributed by atoms with E-state index in [1.54, 1.807) is 30.1 Å². The molecular weight excluding hydrogens is 370 g/mol. The van der Waals surface area contributed by atoms with Crippen molar-refractivity contribution in [3.8, 4) is 28.4 Å². The maximum atomic E-state index is 13.1. The number of ether oxygens (including phenoxy) is 2. The molecule has 0 radical (unpaired) electrons. The Balaban J connectivity index is 1.99. The van der Waals surface area contributed by atoms with E-state index in [0.29, 0.717) is 22.7 Å². The minimum atomic E-state index is -0.568. The highest BCUT2D eigenvalue weighted by Crippen LogP contribution is 2.26. The maximum Gasteiger partial charge on any atom is 0.341 e. The van der Waals surface area contributed by atoms with Crippen LogP contribution >= 0.6 is 0 Å². The van der Waals surface area contributed by atoms with Crippen LogP contribution in [-0.4, -0.2) is 34.5 Å². The zero-order valence-corrected chi connectivity index (χ0v) is 16.2. The number of rotatable bonds is 4. The van der Waals surface area contributed by atoms with E-state index < -0.39 is 5.97 Å². The molecule has 2 aromatic carbocycles. The molecule has 4 rings (SSSR count). The molecule has 29 heavy (non-hydrogen) atoms. The van der Waals surface area contributed by atoms with Gasteiger partial charge in [-0.15, -0.1) is 0 Å². The van der Waals surface area contributed by atoms with Gasteiger partial charge in [0.05, 0.1) is 25.5 Å². The van der Waals surface area contributed by atoms with Crippen molar-refractivity contribution in [2.75, 3.05) is 14.2 Å². The van der Waals surface area contributed by atoms with Crippen molar-refractivity contribution in [3.05, 3.63) is 82.4 Å². The monoisotopic (exact) mass is 389 g/mol. The second-order valence-corrected chi connectivity index (χ2v) is 6.59. The largest absolute Gasteiger partial charge is 0.497 e. The molecule has 2 heterocycles. The Morgan fingerprint density at radius 1 is 1.00 bits per heavy atom. The minimum Gasteiger partial charge on any atom is -0.497 e. The standard InChI is InChI=1S/C22H19N3O4/c1-14-6-4-8-16(10-14)25-21(26)18-12-24(15-7-5-9-17(11-15)28-2)13-19(20(18)23-25)22(27)29-3/h4-13H,1-3H3. The molecule has 0 spiro atoms. The van der Waals surface area contributed by atoms with Crippen LogP contribution in [0.4, 0.5) is 0 Å². The highest BCUT2D eigenvalue weighted by atomic mass is 16.5. The molecule has 7 heteroatoms. The van der Waals surface area contributed by atoms with Gasteiger partial charge in [-0.2, -0.15) is 9.78 Å². The number of pyridine rings is 1. The van der Waals surface area contributed by atoms with E-state index in [1.165, 1.54) is 11.8 Å². The van der Waals surface area contributed by atoms with Crippen LogP contribution in [0.25, 0.3) is 22.6 Å². The number of benzene rings is 2. The van der Waals surface area contributed by atoms with Crippen molar-refractivity contribution >= 4 is 5.97 Å². The molecule has 7 nitrogen and oxygen atoms in total. The van der Waals surface area contributed by atoms with Crippen molar-refractivity contribution in [2.45, 2.75) is 6.92 Å². The molecular formula is C22H19N3O4. The third kappa shape index (κ3) is 3.27. The highest BCUT2D eigenvalue weighted by Gasteiger charge is 2.25. The average molecular weight is 389 g/mol. The molecule has 0 N–H and O–H groups in total. The lowest BCUT2D eigenvalue weighted by molar-refractivity contribution is 0.0600. The van der Waals surface area contributed by atoms with Crippen LogP contribution in [0.1, 0.15) is 15.9 Å². The number of fused-ring (bicyclic) bond motifs is 1. The molecule has 0 aromatic heterocycles. The van der Waals surface area contributed by atoms with Gasteiger partial charge >= 0.3 is 5.97 Å². The van der Waals surface area contributed by atoms with Crippen LogP contribution in [0.15, 0.2) is 65.7 Å². The van der Waals surface area contributed by atoms with E-state index in [1.807, 2.05) is 49.4 Å². The van der Waals surface area contributed by atoms with Crippen molar-refractivity contribution < 1.29 is 14.3 Å². The lowest BCUT2D eigenvalue weighted by atomic mass is 10.1. The second-order valence-electron chi connectivity index (χ2n) is 6.59. The van der Waals surface area contributed by atoms with Gasteiger partial charge in [-0.05, 0) is 36.8 Å². The van der Waals surface area contributed by atoms with Crippen LogP contribution in [0.3, 0.4) is 0 Å².